The van der Waals surface area contributed by atoms with Gasteiger partial charge in [0.1, 0.15) is 5.69 Å². The molecule has 2 fully saturated rings. The fraction of sp³-hybridized carbons (Fsp3) is 0.520. The fourth-order valence-corrected chi connectivity index (χ4v) is 6.02. The van der Waals surface area contributed by atoms with Gasteiger partial charge in [0.25, 0.3) is 0 Å². The average Bonchev–Trinajstić information content (AvgIpc) is 3.17. The molecule has 1 atom stereocenters. The van der Waals surface area contributed by atoms with Gasteiger partial charge in [-0.25, -0.2) is 9.50 Å². The van der Waals surface area contributed by atoms with E-state index in [-0.39, 0.29) is 0 Å². The molecule has 4 heterocycles. The molecule has 0 aliphatic carbocycles. The summed E-state index contributed by atoms with van der Waals surface area (Å²) < 4.78 is 8.47. The highest BCUT2D eigenvalue weighted by atomic mass is 79.9. The summed E-state index contributed by atoms with van der Waals surface area (Å²) in [5.74, 6) is 1.07. The van der Waals surface area contributed by atoms with Gasteiger partial charge in [-0.3, -0.25) is 4.90 Å². The topological polar surface area (TPSA) is 45.9 Å². The number of anilines is 1. The van der Waals surface area contributed by atoms with Crippen LogP contribution in [-0.2, 0) is 11.3 Å². The highest BCUT2D eigenvalue weighted by Crippen LogP contribution is 2.34. The van der Waals surface area contributed by atoms with Gasteiger partial charge in [-0.05, 0) is 77.8 Å². The zero-order valence-corrected chi connectivity index (χ0v) is 21.4. The summed E-state index contributed by atoms with van der Waals surface area (Å²) in [5.41, 5.74) is 4.56. The molecule has 1 aromatic carbocycles. The number of hydrogen-bond donors (Lipinski definition) is 0. The molecule has 2 aromatic heterocycles. The minimum Gasteiger partial charge on any atom is -0.381 e. The van der Waals surface area contributed by atoms with Crippen LogP contribution in [0.25, 0.3) is 5.65 Å². The van der Waals surface area contributed by atoms with Crippen LogP contribution < -0.4 is 4.90 Å². The lowest BCUT2D eigenvalue weighted by molar-refractivity contribution is 0.0685. The zero-order valence-electron chi connectivity index (χ0n) is 19.1. The molecule has 2 aliphatic heterocycles. The number of likely N-dealkylation sites (tertiary alicyclic amines) is 1. The maximum atomic E-state index is 6.06. The maximum Gasteiger partial charge on any atom is 0.180 e. The number of hydrogen-bond acceptors (Lipinski definition) is 5. The number of halogens is 2. The highest BCUT2D eigenvalue weighted by Gasteiger charge is 2.27. The Balaban J connectivity index is 1.36. The van der Waals surface area contributed by atoms with E-state index >= 15 is 0 Å². The van der Waals surface area contributed by atoms with E-state index in [1.807, 2.05) is 18.3 Å². The van der Waals surface area contributed by atoms with Gasteiger partial charge in [-0.2, -0.15) is 5.10 Å². The molecule has 3 aromatic rings. The Morgan fingerprint density at radius 1 is 1.15 bits per heavy atom. The predicted octanol–water partition coefficient (Wildman–Crippen LogP) is 5.39. The van der Waals surface area contributed by atoms with Crippen LogP contribution in [0.4, 0.5) is 5.69 Å². The third-order valence-corrected chi connectivity index (χ3v) is 7.77. The first-order valence-electron chi connectivity index (χ1n) is 11.9. The van der Waals surface area contributed by atoms with Gasteiger partial charge in [-0.15, -0.1) is 0 Å². The summed E-state index contributed by atoms with van der Waals surface area (Å²) in [4.78, 5) is 9.60. The van der Waals surface area contributed by atoms with Crippen LogP contribution in [0.15, 0.2) is 41.1 Å². The Morgan fingerprint density at radius 3 is 2.73 bits per heavy atom. The maximum absolute atomic E-state index is 6.06. The molecule has 33 heavy (non-hydrogen) atoms. The van der Waals surface area contributed by atoms with Crippen LogP contribution in [0, 0.1) is 5.92 Å². The summed E-state index contributed by atoms with van der Waals surface area (Å²) in [6, 6.07) is 10.4. The largest absolute Gasteiger partial charge is 0.381 e. The van der Waals surface area contributed by atoms with Gasteiger partial charge in [0.05, 0.1) is 5.69 Å². The first-order chi connectivity index (χ1) is 16.1. The Kier molecular flexibility index (Phi) is 7.21. The van der Waals surface area contributed by atoms with Gasteiger partial charge in [-0.1, -0.05) is 23.7 Å². The zero-order chi connectivity index (χ0) is 22.8. The first kappa shape index (κ1) is 23.1. The molecular weight excluding hydrogens is 502 g/mol. The number of fused-ring (bicyclic) bond motifs is 1. The third-order valence-electron chi connectivity index (χ3n) is 6.98. The summed E-state index contributed by atoms with van der Waals surface area (Å²) >= 11 is 9.80. The standard InChI is InChI=1S/C25H31BrClN5O/c1-30(15-19-9-13-33-14-10-19)23-24(26)29-32-22(8-11-28-25(23)32)20-3-2-12-31(17-20)16-18-4-6-21(27)7-5-18/h4-8,11,19-20H,2-3,9-10,12-17H2,1H3. The van der Waals surface area contributed by atoms with Crippen molar-refractivity contribution < 1.29 is 4.74 Å². The number of nitrogens with zero attached hydrogens (tertiary/aromatic N) is 5. The predicted molar refractivity (Wildman–Crippen MR) is 136 cm³/mol. The monoisotopic (exact) mass is 531 g/mol. The number of ether oxygens (including phenoxy) is 1. The van der Waals surface area contributed by atoms with Crippen LogP contribution in [0.3, 0.4) is 0 Å². The molecule has 2 saturated heterocycles. The second-order valence-corrected chi connectivity index (χ2v) is 10.6. The van der Waals surface area contributed by atoms with Crippen LogP contribution >= 0.6 is 27.5 Å². The van der Waals surface area contributed by atoms with Crippen LogP contribution in [0.5, 0.6) is 0 Å². The Morgan fingerprint density at radius 2 is 1.94 bits per heavy atom. The van der Waals surface area contributed by atoms with Gasteiger partial charge in [0.15, 0.2) is 10.3 Å². The van der Waals surface area contributed by atoms with Crippen molar-refractivity contribution in [2.24, 2.45) is 5.92 Å². The quantitative estimate of drug-likeness (QED) is 0.426. The van der Waals surface area contributed by atoms with Crippen molar-refractivity contribution in [1.29, 1.82) is 0 Å². The van der Waals surface area contributed by atoms with E-state index in [1.165, 1.54) is 24.1 Å². The first-order valence-corrected chi connectivity index (χ1v) is 13.0. The van der Waals surface area contributed by atoms with Crippen LogP contribution in [0.1, 0.15) is 42.9 Å². The van der Waals surface area contributed by atoms with Gasteiger partial charge >= 0.3 is 0 Å². The molecular formula is C25H31BrClN5O. The van der Waals surface area contributed by atoms with E-state index in [9.17, 15) is 0 Å². The smallest absolute Gasteiger partial charge is 0.180 e. The highest BCUT2D eigenvalue weighted by molar-refractivity contribution is 9.10. The SMILES string of the molecule is CN(CC1CCOCC1)c1c(Br)nn2c(C3CCCN(Cc4ccc(Cl)cc4)C3)ccnc12. The van der Waals surface area contributed by atoms with Gasteiger partial charge in [0, 0.05) is 57.0 Å². The van der Waals surface area contributed by atoms with Crippen molar-refractivity contribution in [3.8, 4) is 0 Å². The third kappa shape index (κ3) is 5.21. The van der Waals surface area contributed by atoms with Crippen molar-refractivity contribution in [2.75, 3.05) is 44.8 Å². The summed E-state index contributed by atoms with van der Waals surface area (Å²) in [6.45, 7) is 5.81. The molecule has 8 heteroatoms. The molecule has 0 saturated carbocycles. The Labute approximate surface area is 209 Å². The van der Waals surface area contributed by atoms with Crippen molar-refractivity contribution in [3.63, 3.8) is 0 Å². The van der Waals surface area contributed by atoms with Gasteiger partial charge in [0.2, 0.25) is 0 Å². The molecule has 0 spiro atoms. The summed E-state index contributed by atoms with van der Waals surface area (Å²) in [6.07, 6.45) is 6.53. The minimum absolute atomic E-state index is 0.428. The molecule has 0 radical (unpaired) electrons. The van der Waals surface area contributed by atoms with E-state index < -0.39 is 0 Å². The van der Waals surface area contributed by atoms with Gasteiger partial charge < -0.3 is 9.64 Å². The molecule has 0 bridgehead atoms. The number of piperidine rings is 1. The van der Waals surface area contributed by atoms with E-state index in [2.05, 4.69) is 55.5 Å². The van der Waals surface area contributed by atoms with Crippen molar-refractivity contribution in [1.82, 2.24) is 19.5 Å². The lowest BCUT2D eigenvalue weighted by Crippen LogP contribution is -2.34. The molecule has 1 unspecified atom stereocenters. The summed E-state index contributed by atoms with van der Waals surface area (Å²) in [7, 11) is 2.15. The average molecular weight is 533 g/mol. The molecule has 6 nitrogen and oxygen atoms in total. The number of benzene rings is 1. The molecule has 176 valence electrons. The van der Waals surface area contributed by atoms with E-state index in [0.717, 1.165) is 73.2 Å². The molecule has 0 N–H and O–H groups in total. The second-order valence-electron chi connectivity index (χ2n) is 9.38. The summed E-state index contributed by atoms with van der Waals surface area (Å²) in [5, 5.41) is 5.68. The van der Waals surface area contributed by atoms with E-state index in [0.29, 0.717) is 11.8 Å². The number of aromatic nitrogens is 3. The molecule has 5 rings (SSSR count). The lowest BCUT2D eigenvalue weighted by atomic mass is 9.94. The fourth-order valence-electron chi connectivity index (χ4n) is 5.26. The normalized spacial score (nSPS) is 20.4. The molecule has 0 amide bonds. The second kappa shape index (κ2) is 10.3. The van der Waals surface area contributed by atoms with Crippen LogP contribution in [-0.4, -0.2) is 59.4 Å². The number of rotatable bonds is 6. The van der Waals surface area contributed by atoms with Crippen molar-refractivity contribution in [2.45, 2.75) is 38.1 Å². The lowest BCUT2D eigenvalue weighted by Gasteiger charge is -2.33. The molecule has 2 aliphatic rings. The van der Waals surface area contributed by atoms with Crippen molar-refractivity contribution >= 4 is 38.9 Å². The Hall–Kier alpha value is -1.67. The van der Waals surface area contributed by atoms with E-state index in [4.69, 9.17) is 26.4 Å². The van der Waals surface area contributed by atoms with E-state index in [1.54, 1.807) is 0 Å². The minimum atomic E-state index is 0.428. The van der Waals surface area contributed by atoms with Crippen LogP contribution in [0.2, 0.25) is 5.02 Å². The Bertz CT molecular complexity index is 1080. The van der Waals surface area contributed by atoms with Crippen molar-refractivity contribution in [3.05, 3.63) is 57.4 Å².